The van der Waals surface area contributed by atoms with Gasteiger partial charge in [-0.25, -0.2) is 4.98 Å². The van der Waals surface area contributed by atoms with Crippen LogP contribution in [0.2, 0.25) is 0 Å². The first-order chi connectivity index (χ1) is 15.1. The Bertz CT molecular complexity index is 1060. The Hall–Kier alpha value is -3.03. The number of nitrogens with zero attached hydrogens (tertiary/aromatic N) is 1. The molecule has 0 saturated heterocycles. The van der Waals surface area contributed by atoms with Gasteiger partial charge in [-0.05, 0) is 61.6 Å². The summed E-state index contributed by atoms with van der Waals surface area (Å²) in [6.45, 7) is 2.71. The molecule has 3 aromatic rings. The fraction of sp³-hybridized carbons (Fsp3) is 0.292. The number of carbonyl (C=O) groups excluding carboxylic acids is 2. The van der Waals surface area contributed by atoms with Crippen LogP contribution < -0.4 is 16.0 Å². The number of rotatable bonds is 8. The lowest BCUT2D eigenvalue weighted by Gasteiger charge is -2.14. The first-order valence-electron chi connectivity index (χ1n) is 10.5. The number of fused-ring (bicyclic) bond motifs is 1. The highest BCUT2D eigenvalue weighted by Crippen LogP contribution is 2.25. The van der Waals surface area contributed by atoms with Crippen molar-refractivity contribution in [1.29, 1.82) is 0 Å². The number of benzene rings is 2. The van der Waals surface area contributed by atoms with E-state index in [1.165, 1.54) is 28.9 Å². The molecule has 2 amide bonds. The summed E-state index contributed by atoms with van der Waals surface area (Å²) in [7, 11) is 0. The minimum Gasteiger partial charge on any atom is -0.346 e. The van der Waals surface area contributed by atoms with Crippen molar-refractivity contribution in [3.8, 4) is 0 Å². The molecule has 31 heavy (non-hydrogen) atoms. The van der Waals surface area contributed by atoms with Gasteiger partial charge in [0.15, 0.2) is 0 Å². The predicted octanol–water partition coefficient (Wildman–Crippen LogP) is 3.68. The average molecular weight is 435 g/mol. The van der Waals surface area contributed by atoms with Crippen molar-refractivity contribution in [3.63, 3.8) is 0 Å². The molecule has 1 aliphatic carbocycles. The Morgan fingerprint density at radius 3 is 2.71 bits per heavy atom. The number of anilines is 1. The minimum atomic E-state index is -0.351. The summed E-state index contributed by atoms with van der Waals surface area (Å²) in [6.07, 6.45) is 3.41. The van der Waals surface area contributed by atoms with Crippen LogP contribution >= 0.6 is 11.3 Å². The molecule has 160 valence electrons. The highest BCUT2D eigenvalue weighted by Gasteiger charge is 2.16. The minimum absolute atomic E-state index is 0.0662. The lowest BCUT2D eigenvalue weighted by atomic mass is 10.1. The van der Waals surface area contributed by atoms with Gasteiger partial charge in [0, 0.05) is 23.2 Å². The second kappa shape index (κ2) is 9.85. The average Bonchev–Trinajstić information content (AvgIpc) is 3.45. The molecule has 6 nitrogen and oxygen atoms in total. The van der Waals surface area contributed by atoms with Crippen LogP contribution in [0.4, 0.5) is 5.69 Å². The van der Waals surface area contributed by atoms with Crippen LogP contribution in [-0.4, -0.2) is 22.8 Å². The molecule has 0 spiro atoms. The van der Waals surface area contributed by atoms with Crippen LogP contribution in [0.5, 0.6) is 0 Å². The molecule has 1 aromatic heterocycles. The van der Waals surface area contributed by atoms with Crippen LogP contribution in [-0.2, 0) is 30.7 Å². The molecule has 0 radical (unpaired) electrons. The van der Waals surface area contributed by atoms with Gasteiger partial charge in [-0.15, -0.1) is 11.3 Å². The lowest BCUT2D eigenvalue weighted by Crippen LogP contribution is -2.37. The number of hydrogen-bond donors (Lipinski definition) is 3. The third-order valence-electron chi connectivity index (χ3n) is 5.38. The first-order valence-corrected chi connectivity index (χ1v) is 11.4. The van der Waals surface area contributed by atoms with Crippen LogP contribution in [0.3, 0.4) is 0 Å². The molecule has 0 bridgehead atoms. The summed E-state index contributed by atoms with van der Waals surface area (Å²) >= 11 is 1.49. The predicted molar refractivity (Wildman–Crippen MR) is 123 cm³/mol. The van der Waals surface area contributed by atoms with Gasteiger partial charge < -0.3 is 16.0 Å². The Kier molecular flexibility index (Phi) is 6.74. The lowest BCUT2D eigenvalue weighted by molar-refractivity contribution is -0.117. The van der Waals surface area contributed by atoms with E-state index in [9.17, 15) is 9.59 Å². The molecule has 3 N–H and O–H groups in total. The van der Waals surface area contributed by atoms with Crippen LogP contribution in [0, 0.1) is 0 Å². The van der Waals surface area contributed by atoms with E-state index in [-0.39, 0.29) is 17.9 Å². The molecule has 7 heteroatoms. The molecule has 4 rings (SSSR count). The SMILES string of the molecule is CC(NCc1csc(CNC(=O)c2ccccc2)n1)C(=O)Nc1ccc2c(c1)CCC2. The zero-order valence-electron chi connectivity index (χ0n) is 17.5. The van der Waals surface area contributed by atoms with Crippen molar-refractivity contribution in [2.45, 2.75) is 45.3 Å². The molecule has 0 fully saturated rings. The highest BCUT2D eigenvalue weighted by atomic mass is 32.1. The number of thiazole rings is 1. The summed E-state index contributed by atoms with van der Waals surface area (Å²) < 4.78 is 0. The zero-order chi connectivity index (χ0) is 21.6. The van der Waals surface area contributed by atoms with Crippen molar-refractivity contribution in [2.75, 3.05) is 5.32 Å². The largest absolute Gasteiger partial charge is 0.346 e. The topological polar surface area (TPSA) is 83.1 Å². The van der Waals surface area contributed by atoms with E-state index in [2.05, 4.69) is 33.1 Å². The molecule has 1 unspecified atom stereocenters. The van der Waals surface area contributed by atoms with Crippen LogP contribution in [0.25, 0.3) is 0 Å². The molecule has 1 heterocycles. The summed E-state index contributed by atoms with van der Waals surface area (Å²) in [5.41, 5.74) is 5.07. The maximum atomic E-state index is 12.5. The quantitative estimate of drug-likeness (QED) is 0.505. The van der Waals surface area contributed by atoms with Crippen LogP contribution in [0.15, 0.2) is 53.9 Å². The number of aryl methyl sites for hydroxylation is 2. The van der Waals surface area contributed by atoms with E-state index in [0.29, 0.717) is 18.7 Å². The molecule has 0 saturated carbocycles. The Morgan fingerprint density at radius 2 is 1.87 bits per heavy atom. The first kappa shape index (κ1) is 21.2. The summed E-state index contributed by atoms with van der Waals surface area (Å²) in [5, 5.41) is 11.9. The number of hydrogen-bond acceptors (Lipinski definition) is 5. The van der Waals surface area contributed by atoms with Gasteiger partial charge in [-0.1, -0.05) is 24.3 Å². The third kappa shape index (κ3) is 5.57. The summed E-state index contributed by atoms with van der Waals surface area (Å²) in [5.74, 6) is -0.184. The van der Waals surface area contributed by atoms with Gasteiger partial charge >= 0.3 is 0 Å². The highest BCUT2D eigenvalue weighted by molar-refractivity contribution is 7.09. The van der Waals surface area contributed by atoms with Crippen molar-refractivity contribution in [3.05, 3.63) is 81.3 Å². The van der Waals surface area contributed by atoms with Crippen LogP contribution in [0.1, 0.15) is 45.5 Å². The number of amides is 2. The molecule has 2 aromatic carbocycles. The van der Waals surface area contributed by atoms with E-state index in [0.717, 1.165) is 29.2 Å². The third-order valence-corrected chi connectivity index (χ3v) is 6.28. The monoisotopic (exact) mass is 434 g/mol. The van der Waals surface area contributed by atoms with Crippen molar-refractivity contribution >= 4 is 28.8 Å². The van der Waals surface area contributed by atoms with Gasteiger partial charge in [0.25, 0.3) is 5.91 Å². The van der Waals surface area contributed by atoms with E-state index >= 15 is 0 Å². The zero-order valence-corrected chi connectivity index (χ0v) is 18.3. The van der Waals surface area contributed by atoms with E-state index in [4.69, 9.17) is 0 Å². The fourth-order valence-electron chi connectivity index (χ4n) is 3.61. The number of carbonyl (C=O) groups is 2. The molecular weight excluding hydrogens is 408 g/mol. The summed E-state index contributed by atoms with van der Waals surface area (Å²) in [6, 6.07) is 14.9. The van der Waals surface area contributed by atoms with Crippen molar-refractivity contribution < 1.29 is 9.59 Å². The normalized spacial score (nSPS) is 13.5. The van der Waals surface area contributed by atoms with Gasteiger partial charge in [0.05, 0.1) is 18.3 Å². The molecule has 1 atom stereocenters. The van der Waals surface area contributed by atoms with Crippen molar-refractivity contribution in [1.82, 2.24) is 15.6 Å². The second-order valence-electron chi connectivity index (χ2n) is 7.71. The molecule has 0 aliphatic heterocycles. The summed E-state index contributed by atoms with van der Waals surface area (Å²) in [4.78, 5) is 29.2. The van der Waals surface area contributed by atoms with Gasteiger partial charge in [0.2, 0.25) is 5.91 Å². The Balaban J connectivity index is 1.23. The second-order valence-corrected chi connectivity index (χ2v) is 8.65. The van der Waals surface area contributed by atoms with Crippen molar-refractivity contribution in [2.24, 2.45) is 0 Å². The number of nitrogens with one attached hydrogen (secondary N) is 3. The standard InChI is InChI=1S/C24H26N4O2S/c1-16(23(29)28-20-11-10-17-8-5-9-19(17)12-20)25-13-21-15-31-22(27-21)14-26-24(30)18-6-3-2-4-7-18/h2-4,6-7,10-12,15-16,25H,5,8-9,13-14H2,1H3,(H,26,30)(H,28,29). The van der Waals surface area contributed by atoms with Gasteiger partial charge in [-0.2, -0.15) is 0 Å². The van der Waals surface area contributed by atoms with Gasteiger partial charge in [0.1, 0.15) is 5.01 Å². The molecular formula is C24H26N4O2S. The van der Waals surface area contributed by atoms with E-state index in [1.807, 2.05) is 36.6 Å². The molecule has 1 aliphatic rings. The van der Waals surface area contributed by atoms with E-state index < -0.39 is 0 Å². The smallest absolute Gasteiger partial charge is 0.251 e. The Labute approximate surface area is 186 Å². The maximum Gasteiger partial charge on any atom is 0.251 e. The van der Waals surface area contributed by atoms with E-state index in [1.54, 1.807) is 12.1 Å². The Morgan fingerprint density at radius 1 is 1.06 bits per heavy atom. The fourth-order valence-corrected chi connectivity index (χ4v) is 4.34. The maximum absolute atomic E-state index is 12.5. The van der Waals surface area contributed by atoms with Gasteiger partial charge in [-0.3, -0.25) is 9.59 Å². The number of aromatic nitrogens is 1.